The van der Waals surface area contributed by atoms with Gasteiger partial charge < -0.3 is 15.5 Å². The van der Waals surface area contributed by atoms with Gasteiger partial charge in [0.15, 0.2) is 0 Å². The third kappa shape index (κ3) is 4.25. The minimum Gasteiger partial charge on any atom is -0.349 e. The smallest absolute Gasteiger partial charge is 0.322 e. The zero-order valence-electron chi connectivity index (χ0n) is 17.9. The Morgan fingerprint density at radius 1 is 1.25 bits per heavy atom. The number of rotatable bonds is 7. The van der Waals surface area contributed by atoms with Crippen molar-refractivity contribution in [1.82, 2.24) is 25.4 Å². The zero-order chi connectivity index (χ0) is 22.7. The summed E-state index contributed by atoms with van der Waals surface area (Å²) in [5, 5.41) is 5.73. The Morgan fingerprint density at radius 2 is 2.03 bits per heavy atom. The van der Waals surface area contributed by atoms with E-state index in [0.717, 1.165) is 16.8 Å². The van der Waals surface area contributed by atoms with Crippen LogP contribution in [-0.2, 0) is 16.1 Å². The Bertz CT molecular complexity index is 1080. The molecule has 1 aromatic heterocycles. The molecule has 8 nitrogen and oxygen atoms in total. The molecule has 0 bridgehead atoms. The summed E-state index contributed by atoms with van der Waals surface area (Å²) in [6, 6.07) is 12.3. The highest BCUT2D eigenvalue weighted by molar-refractivity contribution is 6.03. The van der Waals surface area contributed by atoms with Gasteiger partial charge in [-0.05, 0) is 24.6 Å². The number of amides is 4. The highest BCUT2D eigenvalue weighted by Crippen LogP contribution is 2.36. The maximum Gasteiger partial charge on any atom is 0.322 e. The van der Waals surface area contributed by atoms with Gasteiger partial charge in [0.2, 0.25) is 5.91 Å². The SMILES string of the molecule is C=CCN1C(=O)N[C@H](c2ccc(C)cc2)C2=C1CN(CC(=O)NCc1ccccn1)C2=O. The van der Waals surface area contributed by atoms with Crippen molar-refractivity contribution >= 4 is 17.8 Å². The van der Waals surface area contributed by atoms with E-state index in [2.05, 4.69) is 22.2 Å². The van der Waals surface area contributed by atoms with Crippen molar-refractivity contribution in [2.45, 2.75) is 19.5 Å². The first-order valence-electron chi connectivity index (χ1n) is 10.4. The topological polar surface area (TPSA) is 94.6 Å². The Labute approximate surface area is 186 Å². The van der Waals surface area contributed by atoms with E-state index in [0.29, 0.717) is 11.3 Å². The van der Waals surface area contributed by atoms with E-state index in [9.17, 15) is 14.4 Å². The molecule has 2 aromatic rings. The number of benzene rings is 1. The minimum atomic E-state index is -0.562. The number of hydrogen-bond acceptors (Lipinski definition) is 4. The van der Waals surface area contributed by atoms with Gasteiger partial charge in [-0.2, -0.15) is 0 Å². The number of aryl methyl sites for hydroxylation is 1. The molecule has 0 saturated carbocycles. The van der Waals surface area contributed by atoms with Crippen molar-refractivity contribution in [2.75, 3.05) is 19.6 Å². The first kappa shape index (κ1) is 21.3. The number of aromatic nitrogens is 1. The van der Waals surface area contributed by atoms with E-state index in [1.807, 2.05) is 43.3 Å². The highest BCUT2D eigenvalue weighted by Gasteiger charge is 2.44. The molecule has 8 heteroatoms. The Kier molecular flexibility index (Phi) is 6.02. The van der Waals surface area contributed by atoms with Crippen LogP contribution in [0.5, 0.6) is 0 Å². The van der Waals surface area contributed by atoms with Crippen LogP contribution in [0.2, 0.25) is 0 Å². The second kappa shape index (κ2) is 9.05. The van der Waals surface area contributed by atoms with Crippen molar-refractivity contribution in [3.05, 3.63) is 89.4 Å². The summed E-state index contributed by atoms with van der Waals surface area (Å²) in [5.74, 6) is -0.544. The lowest BCUT2D eigenvalue weighted by molar-refractivity contribution is -0.132. The molecule has 1 aromatic carbocycles. The number of urea groups is 1. The summed E-state index contributed by atoms with van der Waals surface area (Å²) in [7, 11) is 0. The predicted octanol–water partition coefficient (Wildman–Crippen LogP) is 2.06. The molecule has 0 fully saturated rings. The number of carbonyl (C=O) groups is 3. The van der Waals surface area contributed by atoms with E-state index < -0.39 is 6.04 Å². The fraction of sp³-hybridized carbons (Fsp3) is 0.250. The number of carbonyl (C=O) groups excluding carboxylic acids is 3. The monoisotopic (exact) mass is 431 g/mol. The largest absolute Gasteiger partial charge is 0.349 e. The van der Waals surface area contributed by atoms with Crippen molar-refractivity contribution < 1.29 is 14.4 Å². The predicted molar refractivity (Wildman–Crippen MR) is 119 cm³/mol. The van der Waals surface area contributed by atoms with Crippen LogP contribution in [-0.4, -0.2) is 52.3 Å². The normalized spacial score (nSPS) is 17.8. The van der Waals surface area contributed by atoms with Crippen molar-refractivity contribution in [3.8, 4) is 0 Å². The summed E-state index contributed by atoms with van der Waals surface area (Å²) in [6.45, 7) is 6.34. The molecule has 4 amide bonds. The fourth-order valence-corrected chi connectivity index (χ4v) is 3.93. The number of pyridine rings is 1. The third-order valence-corrected chi connectivity index (χ3v) is 5.55. The average molecular weight is 431 g/mol. The van der Waals surface area contributed by atoms with Gasteiger partial charge in [-0.1, -0.05) is 42.0 Å². The molecule has 164 valence electrons. The maximum absolute atomic E-state index is 13.3. The first-order chi connectivity index (χ1) is 15.5. The van der Waals surface area contributed by atoms with Gasteiger partial charge in [0.05, 0.1) is 36.1 Å². The number of nitrogens with one attached hydrogen (secondary N) is 2. The molecule has 0 aliphatic carbocycles. The molecule has 4 rings (SSSR count). The van der Waals surface area contributed by atoms with E-state index in [1.165, 1.54) is 9.80 Å². The van der Waals surface area contributed by atoms with Gasteiger partial charge >= 0.3 is 6.03 Å². The van der Waals surface area contributed by atoms with Gasteiger partial charge in [-0.15, -0.1) is 6.58 Å². The van der Waals surface area contributed by atoms with Gasteiger partial charge in [0.1, 0.15) is 6.54 Å². The third-order valence-electron chi connectivity index (χ3n) is 5.55. The summed E-state index contributed by atoms with van der Waals surface area (Å²) in [4.78, 5) is 45.8. The van der Waals surface area contributed by atoms with Crippen molar-refractivity contribution in [3.63, 3.8) is 0 Å². The van der Waals surface area contributed by atoms with Crippen LogP contribution >= 0.6 is 0 Å². The van der Waals surface area contributed by atoms with Gasteiger partial charge in [0, 0.05) is 12.7 Å². The molecule has 0 unspecified atom stereocenters. The van der Waals surface area contributed by atoms with Gasteiger partial charge in [-0.25, -0.2) is 4.79 Å². The number of hydrogen-bond donors (Lipinski definition) is 2. The molecule has 32 heavy (non-hydrogen) atoms. The Balaban J connectivity index is 1.53. The lowest BCUT2D eigenvalue weighted by Gasteiger charge is -2.33. The summed E-state index contributed by atoms with van der Waals surface area (Å²) >= 11 is 0. The van der Waals surface area contributed by atoms with Crippen LogP contribution in [0.25, 0.3) is 0 Å². The van der Waals surface area contributed by atoms with Crippen molar-refractivity contribution in [1.29, 1.82) is 0 Å². The van der Waals surface area contributed by atoms with E-state index in [-0.39, 0.29) is 44.0 Å². The van der Waals surface area contributed by atoms with Crippen LogP contribution in [0.15, 0.2) is 72.6 Å². The average Bonchev–Trinajstić information content (AvgIpc) is 3.11. The Morgan fingerprint density at radius 3 is 2.72 bits per heavy atom. The molecular weight excluding hydrogens is 406 g/mol. The molecule has 1 atom stereocenters. The van der Waals surface area contributed by atoms with E-state index in [1.54, 1.807) is 18.3 Å². The standard InChI is InChI=1S/C24H25N5O3/c1-3-12-29-19-14-28(15-20(30)26-13-18-6-4-5-11-25-18)23(31)21(19)22(27-24(29)32)17-9-7-16(2)8-10-17/h3-11,22H,1,12-15H2,2H3,(H,26,30)(H,27,32)/t22-/m1/s1. The van der Waals surface area contributed by atoms with Crippen LogP contribution in [0, 0.1) is 6.92 Å². The maximum atomic E-state index is 13.3. The van der Waals surface area contributed by atoms with Crippen LogP contribution in [0.4, 0.5) is 4.79 Å². The first-order valence-corrected chi connectivity index (χ1v) is 10.4. The molecule has 0 radical (unpaired) electrons. The minimum absolute atomic E-state index is 0.102. The quantitative estimate of drug-likeness (QED) is 0.656. The second-order valence-corrected chi connectivity index (χ2v) is 7.81. The zero-order valence-corrected chi connectivity index (χ0v) is 17.9. The molecule has 2 aliphatic rings. The van der Waals surface area contributed by atoms with Crippen LogP contribution in [0.3, 0.4) is 0 Å². The summed E-state index contributed by atoms with van der Waals surface area (Å²) < 4.78 is 0. The lowest BCUT2D eigenvalue weighted by Crippen LogP contribution is -2.47. The van der Waals surface area contributed by atoms with Crippen LogP contribution in [0.1, 0.15) is 22.9 Å². The molecule has 2 N–H and O–H groups in total. The molecule has 0 spiro atoms. The second-order valence-electron chi connectivity index (χ2n) is 7.81. The molecule has 2 aliphatic heterocycles. The molecular formula is C24H25N5O3. The van der Waals surface area contributed by atoms with Crippen molar-refractivity contribution in [2.24, 2.45) is 0 Å². The fourth-order valence-electron chi connectivity index (χ4n) is 3.93. The highest BCUT2D eigenvalue weighted by atomic mass is 16.2. The van der Waals surface area contributed by atoms with E-state index >= 15 is 0 Å². The summed E-state index contributed by atoms with van der Waals surface area (Å²) in [6.07, 6.45) is 3.27. The number of nitrogens with zero attached hydrogens (tertiary/aromatic N) is 3. The lowest BCUT2D eigenvalue weighted by atomic mass is 9.95. The van der Waals surface area contributed by atoms with E-state index in [4.69, 9.17) is 0 Å². The molecule has 3 heterocycles. The van der Waals surface area contributed by atoms with Gasteiger partial charge in [-0.3, -0.25) is 19.5 Å². The summed E-state index contributed by atoms with van der Waals surface area (Å²) in [5.41, 5.74) is 3.75. The Hall–Kier alpha value is -3.94. The van der Waals surface area contributed by atoms with Crippen LogP contribution < -0.4 is 10.6 Å². The van der Waals surface area contributed by atoms with Gasteiger partial charge in [0.25, 0.3) is 5.91 Å². The molecule has 0 saturated heterocycles.